The van der Waals surface area contributed by atoms with Crippen molar-refractivity contribution in [1.29, 1.82) is 0 Å². The summed E-state index contributed by atoms with van der Waals surface area (Å²) in [5, 5.41) is 6.82. The van der Waals surface area contributed by atoms with Crippen LogP contribution in [0, 0.1) is 6.92 Å². The molecule has 0 saturated carbocycles. The molecule has 0 aliphatic heterocycles. The Balaban J connectivity index is 2.13. The van der Waals surface area contributed by atoms with Crippen LogP contribution in [0.3, 0.4) is 0 Å². The number of aromatic nitrogens is 1. The molecule has 0 radical (unpaired) electrons. The molecule has 2 nitrogen and oxygen atoms in total. The molecule has 0 aromatic carbocycles. The van der Waals surface area contributed by atoms with Crippen LogP contribution in [-0.4, -0.2) is 12.0 Å². The fraction of sp³-hybridized carbons (Fsp3) is 0.533. The van der Waals surface area contributed by atoms with Gasteiger partial charge < -0.3 is 5.32 Å². The molecular weight excluding hydrogens is 272 g/mol. The van der Waals surface area contributed by atoms with Gasteiger partial charge in [-0.1, -0.05) is 20.8 Å². The number of thiophene rings is 1. The highest BCUT2D eigenvalue weighted by Crippen LogP contribution is 2.29. The Morgan fingerprint density at radius 2 is 2.05 bits per heavy atom. The molecule has 0 amide bonds. The molecule has 0 bridgehead atoms. The molecule has 0 aliphatic rings. The van der Waals surface area contributed by atoms with Gasteiger partial charge in [0.25, 0.3) is 0 Å². The number of nitrogens with one attached hydrogen (secondary N) is 1. The third kappa shape index (κ3) is 3.65. The molecule has 2 aromatic heterocycles. The van der Waals surface area contributed by atoms with E-state index in [-0.39, 0.29) is 5.41 Å². The average Bonchev–Trinajstić information content (AvgIpc) is 2.94. The van der Waals surface area contributed by atoms with Gasteiger partial charge in [0, 0.05) is 33.0 Å². The molecule has 0 saturated heterocycles. The van der Waals surface area contributed by atoms with Gasteiger partial charge in [-0.3, -0.25) is 0 Å². The maximum absolute atomic E-state index is 4.78. The highest BCUT2D eigenvalue weighted by Gasteiger charge is 2.19. The van der Waals surface area contributed by atoms with Crippen molar-refractivity contribution in [2.75, 3.05) is 7.05 Å². The first-order chi connectivity index (χ1) is 8.90. The summed E-state index contributed by atoms with van der Waals surface area (Å²) >= 11 is 3.64. The number of hydrogen-bond acceptors (Lipinski definition) is 4. The predicted octanol–water partition coefficient (Wildman–Crippen LogP) is 4.31. The van der Waals surface area contributed by atoms with Gasteiger partial charge in [-0.15, -0.1) is 22.7 Å². The molecule has 19 heavy (non-hydrogen) atoms. The van der Waals surface area contributed by atoms with Crippen LogP contribution in [0.1, 0.15) is 47.3 Å². The lowest BCUT2D eigenvalue weighted by Crippen LogP contribution is -2.18. The maximum Gasteiger partial charge on any atom is 0.0947 e. The Labute approximate surface area is 123 Å². The summed E-state index contributed by atoms with van der Waals surface area (Å²) < 4.78 is 0. The van der Waals surface area contributed by atoms with Crippen molar-refractivity contribution >= 4 is 22.7 Å². The molecule has 0 fully saturated rings. The molecule has 0 aliphatic carbocycles. The molecule has 1 N–H and O–H groups in total. The van der Waals surface area contributed by atoms with E-state index in [9.17, 15) is 0 Å². The summed E-state index contributed by atoms with van der Waals surface area (Å²) in [7, 11) is 2.03. The summed E-state index contributed by atoms with van der Waals surface area (Å²) in [4.78, 5) is 7.55. The van der Waals surface area contributed by atoms with Crippen LogP contribution in [0.5, 0.6) is 0 Å². The zero-order chi connectivity index (χ0) is 14.0. The van der Waals surface area contributed by atoms with Crippen molar-refractivity contribution in [2.24, 2.45) is 0 Å². The van der Waals surface area contributed by atoms with E-state index in [1.807, 2.05) is 18.4 Å². The maximum atomic E-state index is 4.78. The topological polar surface area (TPSA) is 24.9 Å². The lowest BCUT2D eigenvalue weighted by atomic mass is 9.93. The van der Waals surface area contributed by atoms with E-state index in [0.717, 1.165) is 6.42 Å². The number of nitrogens with zero attached hydrogens (tertiary/aromatic N) is 1. The van der Waals surface area contributed by atoms with Crippen molar-refractivity contribution < 1.29 is 0 Å². The Morgan fingerprint density at radius 3 is 2.53 bits per heavy atom. The van der Waals surface area contributed by atoms with Crippen molar-refractivity contribution in [1.82, 2.24) is 10.3 Å². The predicted molar refractivity (Wildman–Crippen MR) is 85.4 cm³/mol. The molecule has 0 spiro atoms. The number of thiazole rings is 1. The van der Waals surface area contributed by atoms with Crippen LogP contribution in [0.4, 0.5) is 0 Å². The van der Waals surface area contributed by atoms with Gasteiger partial charge >= 0.3 is 0 Å². The minimum Gasteiger partial charge on any atom is -0.312 e. The standard InChI is InChI=1S/C15H22N2S2/c1-10-6-7-12(19-10)11(16-5)8-14-17-13(9-18-14)15(2,3)4/h6-7,9,11,16H,8H2,1-5H3. The van der Waals surface area contributed by atoms with Gasteiger partial charge in [0.1, 0.15) is 0 Å². The summed E-state index contributed by atoms with van der Waals surface area (Å²) in [5.41, 5.74) is 1.34. The minimum atomic E-state index is 0.142. The van der Waals surface area contributed by atoms with Crippen molar-refractivity contribution in [3.8, 4) is 0 Å². The van der Waals surface area contributed by atoms with Gasteiger partial charge in [0.2, 0.25) is 0 Å². The highest BCUT2D eigenvalue weighted by molar-refractivity contribution is 7.12. The van der Waals surface area contributed by atoms with E-state index in [2.05, 4.69) is 50.5 Å². The van der Waals surface area contributed by atoms with E-state index in [1.54, 1.807) is 11.3 Å². The van der Waals surface area contributed by atoms with E-state index < -0.39 is 0 Å². The van der Waals surface area contributed by atoms with Gasteiger partial charge in [-0.25, -0.2) is 4.98 Å². The smallest absolute Gasteiger partial charge is 0.0947 e. The van der Waals surface area contributed by atoms with Crippen LogP contribution in [0.15, 0.2) is 17.5 Å². The van der Waals surface area contributed by atoms with Crippen LogP contribution in [0.25, 0.3) is 0 Å². The summed E-state index contributed by atoms with van der Waals surface area (Å²) in [6, 6.07) is 4.78. The molecule has 2 heterocycles. The van der Waals surface area contributed by atoms with Crippen molar-refractivity contribution in [2.45, 2.75) is 45.6 Å². The normalized spacial score (nSPS) is 13.7. The van der Waals surface area contributed by atoms with Crippen molar-refractivity contribution in [3.63, 3.8) is 0 Å². The fourth-order valence-electron chi connectivity index (χ4n) is 1.91. The molecule has 2 aromatic rings. The monoisotopic (exact) mass is 294 g/mol. The Hall–Kier alpha value is -0.710. The van der Waals surface area contributed by atoms with Gasteiger partial charge in [0.05, 0.1) is 10.7 Å². The van der Waals surface area contributed by atoms with Crippen LogP contribution in [0.2, 0.25) is 0 Å². The number of rotatable bonds is 4. The lowest BCUT2D eigenvalue weighted by Gasteiger charge is -2.15. The first-order valence-electron chi connectivity index (χ1n) is 6.58. The minimum absolute atomic E-state index is 0.142. The fourth-order valence-corrected chi connectivity index (χ4v) is 3.96. The van der Waals surface area contributed by atoms with E-state index >= 15 is 0 Å². The van der Waals surface area contributed by atoms with Crippen molar-refractivity contribution in [3.05, 3.63) is 38.0 Å². The first kappa shape index (κ1) is 14.7. The molecule has 4 heteroatoms. The second-order valence-corrected chi connectivity index (χ2v) is 8.13. The van der Waals surface area contributed by atoms with Gasteiger partial charge in [-0.2, -0.15) is 0 Å². The Bertz CT molecular complexity index is 534. The van der Waals surface area contributed by atoms with E-state index in [0.29, 0.717) is 6.04 Å². The third-order valence-electron chi connectivity index (χ3n) is 3.15. The Morgan fingerprint density at radius 1 is 1.32 bits per heavy atom. The molecule has 1 unspecified atom stereocenters. The quantitative estimate of drug-likeness (QED) is 0.908. The van der Waals surface area contributed by atoms with Crippen LogP contribution < -0.4 is 5.32 Å². The van der Waals surface area contributed by atoms with Crippen LogP contribution in [-0.2, 0) is 11.8 Å². The largest absolute Gasteiger partial charge is 0.312 e. The summed E-state index contributed by atoms with van der Waals surface area (Å²) in [6.07, 6.45) is 0.969. The highest BCUT2D eigenvalue weighted by atomic mass is 32.1. The van der Waals surface area contributed by atoms with E-state index in [4.69, 9.17) is 4.98 Å². The van der Waals surface area contributed by atoms with Crippen LogP contribution >= 0.6 is 22.7 Å². The molecule has 2 rings (SSSR count). The first-order valence-corrected chi connectivity index (χ1v) is 8.28. The summed E-state index contributed by atoms with van der Waals surface area (Å²) in [5.74, 6) is 0. The summed E-state index contributed by atoms with van der Waals surface area (Å²) in [6.45, 7) is 8.79. The SMILES string of the molecule is CNC(Cc1nc(C(C)(C)C)cs1)c1ccc(C)s1. The average molecular weight is 294 g/mol. The Kier molecular flexibility index (Phi) is 4.43. The lowest BCUT2D eigenvalue weighted by molar-refractivity contribution is 0.562. The zero-order valence-electron chi connectivity index (χ0n) is 12.3. The van der Waals surface area contributed by atoms with E-state index in [1.165, 1.54) is 20.5 Å². The second kappa shape index (κ2) is 5.73. The number of hydrogen-bond donors (Lipinski definition) is 1. The third-order valence-corrected chi connectivity index (χ3v) is 5.14. The molecule has 1 atom stereocenters. The molecular formula is C15H22N2S2. The molecule has 104 valence electrons. The van der Waals surface area contributed by atoms with Gasteiger partial charge in [0.15, 0.2) is 0 Å². The number of aryl methyl sites for hydroxylation is 1. The van der Waals surface area contributed by atoms with Gasteiger partial charge in [-0.05, 0) is 26.1 Å². The second-order valence-electron chi connectivity index (χ2n) is 5.87. The zero-order valence-corrected chi connectivity index (χ0v) is 13.9. The number of likely N-dealkylation sites (N-methyl/N-ethyl adjacent to an activating group) is 1.